The van der Waals surface area contributed by atoms with Crippen LogP contribution in [0.3, 0.4) is 0 Å². The van der Waals surface area contributed by atoms with Gasteiger partial charge in [0.1, 0.15) is 29.2 Å². The van der Waals surface area contributed by atoms with Crippen molar-refractivity contribution in [3.8, 4) is 11.5 Å². The normalized spacial score (nSPS) is 12.7. The van der Waals surface area contributed by atoms with Gasteiger partial charge < -0.3 is 30.1 Å². The first-order valence-corrected chi connectivity index (χ1v) is 12.8. The van der Waals surface area contributed by atoms with Crippen LogP contribution in [0.5, 0.6) is 11.5 Å². The zero-order valence-electron chi connectivity index (χ0n) is 21.5. The van der Waals surface area contributed by atoms with E-state index in [2.05, 4.69) is 10.6 Å². The van der Waals surface area contributed by atoms with Gasteiger partial charge in [0, 0.05) is 12.7 Å². The van der Waals surface area contributed by atoms with Crippen LogP contribution >= 0.6 is 11.8 Å². The zero-order valence-corrected chi connectivity index (χ0v) is 22.3. The molecule has 0 bridgehead atoms. The van der Waals surface area contributed by atoms with E-state index in [-0.39, 0.29) is 5.75 Å². The summed E-state index contributed by atoms with van der Waals surface area (Å²) in [6, 6.07) is 11.0. The maximum atomic E-state index is 13.6. The van der Waals surface area contributed by atoms with E-state index in [9.17, 15) is 19.5 Å². The van der Waals surface area contributed by atoms with Crippen LogP contribution in [-0.4, -0.2) is 65.7 Å². The molecule has 0 fully saturated rings. The molecule has 3 N–H and O–H groups in total. The number of benzene rings is 2. The third-order valence-electron chi connectivity index (χ3n) is 5.13. The number of phenolic OH excluding ortho intramolecular Hbond substituents is 1. The fourth-order valence-electron chi connectivity index (χ4n) is 3.45. The fourth-order valence-corrected chi connectivity index (χ4v) is 3.92. The van der Waals surface area contributed by atoms with E-state index in [0.29, 0.717) is 29.2 Å². The fraction of sp³-hybridized carbons (Fsp3) is 0.423. The summed E-state index contributed by atoms with van der Waals surface area (Å²) in [4.78, 5) is 40.7. The Kier molecular flexibility index (Phi) is 10.5. The molecule has 196 valence electrons. The number of hydrogen-bond donors (Lipinski definition) is 3. The second kappa shape index (κ2) is 13.1. The van der Waals surface area contributed by atoms with Crippen LogP contribution in [0.2, 0.25) is 0 Å². The van der Waals surface area contributed by atoms with Crippen LogP contribution in [0.1, 0.15) is 38.8 Å². The highest BCUT2D eigenvalue weighted by Crippen LogP contribution is 2.26. The molecule has 0 saturated carbocycles. The Labute approximate surface area is 216 Å². The van der Waals surface area contributed by atoms with Crippen LogP contribution in [-0.2, 0) is 14.3 Å². The quantitative estimate of drug-likeness (QED) is 0.433. The average molecular weight is 518 g/mol. The minimum Gasteiger partial charge on any atom is -0.508 e. The van der Waals surface area contributed by atoms with E-state index in [1.807, 2.05) is 6.26 Å². The highest BCUT2D eigenvalue weighted by Gasteiger charge is 2.34. The van der Waals surface area contributed by atoms with Gasteiger partial charge in [-0.15, -0.1) is 0 Å². The van der Waals surface area contributed by atoms with Crippen LogP contribution in [0.25, 0.3) is 0 Å². The van der Waals surface area contributed by atoms with E-state index in [1.54, 1.807) is 64.3 Å². The lowest BCUT2D eigenvalue weighted by Crippen LogP contribution is -2.51. The molecule has 0 heterocycles. The van der Waals surface area contributed by atoms with Gasteiger partial charge in [-0.25, -0.2) is 4.79 Å². The van der Waals surface area contributed by atoms with Gasteiger partial charge in [-0.1, -0.05) is 12.1 Å². The minimum atomic E-state index is -1.08. The number of amides is 3. The van der Waals surface area contributed by atoms with Gasteiger partial charge in [0.15, 0.2) is 0 Å². The average Bonchev–Trinajstić information content (AvgIpc) is 2.80. The summed E-state index contributed by atoms with van der Waals surface area (Å²) in [5.41, 5.74) is 0.196. The lowest BCUT2D eigenvalue weighted by molar-refractivity contribution is -0.139. The highest BCUT2D eigenvalue weighted by molar-refractivity contribution is 7.98. The van der Waals surface area contributed by atoms with Crippen molar-refractivity contribution in [3.05, 3.63) is 54.1 Å². The maximum absolute atomic E-state index is 13.6. The lowest BCUT2D eigenvalue weighted by atomic mass is 10.0. The van der Waals surface area contributed by atoms with E-state index < -0.39 is 35.6 Å². The molecule has 2 aromatic carbocycles. The summed E-state index contributed by atoms with van der Waals surface area (Å²) >= 11 is 1.53. The lowest BCUT2D eigenvalue weighted by Gasteiger charge is -2.31. The number of alkyl carbamates (subject to hydrolysis) is 1. The number of phenols is 1. The van der Waals surface area contributed by atoms with E-state index in [0.717, 1.165) is 0 Å². The number of ether oxygens (including phenoxy) is 2. The van der Waals surface area contributed by atoms with Gasteiger partial charge >= 0.3 is 6.09 Å². The molecule has 0 aliphatic carbocycles. The molecule has 0 spiro atoms. The van der Waals surface area contributed by atoms with Gasteiger partial charge in [0.25, 0.3) is 5.91 Å². The number of hydrogen-bond acceptors (Lipinski definition) is 7. The first-order valence-electron chi connectivity index (χ1n) is 11.4. The molecule has 2 atom stereocenters. The summed E-state index contributed by atoms with van der Waals surface area (Å²) in [5, 5.41) is 15.5. The van der Waals surface area contributed by atoms with Crippen LogP contribution in [0, 0.1) is 0 Å². The van der Waals surface area contributed by atoms with Crippen molar-refractivity contribution in [1.29, 1.82) is 0 Å². The molecule has 0 aliphatic rings. The number of carbonyl (C=O) groups excluding carboxylic acids is 3. The van der Waals surface area contributed by atoms with Crippen LogP contribution in [0.15, 0.2) is 48.5 Å². The number of likely N-dealkylation sites (N-methyl/N-ethyl adjacent to an activating group) is 1. The molecule has 0 saturated heterocycles. The molecule has 36 heavy (non-hydrogen) atoms. The molecule has 2 rings (SSSR count). The van der Waals surface area contributed by atoms with Crippen molar-refractivity contribution in [3.63, 3.8) is 0 Å². The molecule has 10 heteroatoms. The zero-order chi connectivity index (χ0) is 26.9. The third-order valence-corrected chi connectivity index (χ3v) is 5.77. The van der Waals surface area contributed by atoms with Gasteiger partial charge in [0.05, 0.1) is 7.11 Å². The number of nitrogens with one attached hydrogen (secondary N) is 2. The predicted molar refractivity (Wildman–Crippen MR) is 141 cm³/mol. The Morgan fingerprint density at radius 3 is 2.33 bits per heavy atom. The molecule has 2 unspecified atom stereocenters. The van der Waals surface area contributed by atoms with Gasteiger partial charge in [-0.2, -0.15) is 11.8 Å². The Bertz CT molecular complexity index is 1040. The van der Waals surface area contributed by atoms with Gasteiger partial charge in [-0.3, -0.25) is 9.59 Å². The van der Waals surface area contributed by atoms with E-state index in [4.69, 9.17) is 9.47 Å². The van der Waals surface area contributed by atoms with Crippen molar-refractivity contribution in [2.24, 2.45) is 0 Å². The summed E-state index contributed by atoms with van der Waals surface area (Å²) in [6.45, 7) is 5.20. The number of carbonyl (C=O) groups is 3. The molecular weight excluding hydrogens is 482 g/mol. The minimum absolute atomic E-state index is 0.0404. The number of aromatic hydroxyl groups is 1. The van der Waals surface area contributed by atoms with Crippen molar-refractivity contribution in [1.82, 2.24) is 10.2 Å². The number of nitrogens with zero attached hydrogens (tertiary/aromatic N) is 1. The SMILES string of the molecule is COc1ccc(NC(=O)C(c2cccc(O)c2)N(C)C(=O)C(CCSC)NC(=O)OC(C)(C)C)cc1. The smallest absolute Gasteiger partial charge is 0.408 e. The molecule has 2 aromatic rings. The topological polar surface area (TPSA) is 117 Å². The molecular formula is C26H35N3O6S. The van der Waals surface area contributed by atoms with Gasteiger partial charge in [-0.05, 0) is 81.2 Å². The predicted octanol–water partition coefficient (Wildman–Crippen LogP) is 4.19. The van der Waals surface area contributed by atoms with Crippen molar-refractivity contribution in [2.75, 3.05) is 31.5 Å². The summed E-state index contributed by atoms with van der Waals surface area (Å²) in [7, 11) is 3.04. The largest absolute Gasteiger partial charge is 0.508 e. The van der Waals surface area contributed by atoms with Gasteiger partial charge in [0.2, 0.25) is 5.91 Å². The Balaban J connectivity index is 2.34. The van der Waals surface area contributed by atoms with E-state index in [1.165, 1.54) is 35.8 Å². The summed E-state index contributed by atoms with van der Waals surface area (Å²) in [6.07, 6.45) is 1.53. The Hall–Kier alpha value is -3.40. The van der Waals surface area contributed by atoms with Crippen molar-refractivity contribution < 1.29 is 29.0 Å². The number of methoxy groups -OCH3 is 1. The summed E-state index contributed by atoms with van der Waals surface area (Å²) in [5.74, 6) is 0.251. The first-order chi connectivity index (χ1) is 16.9. The van der Waals surface area contributed by atoms with Crippen molar-refractivity contribution in [2.45, 2.75) is 44.9 Å². The number of rotatable bonds is 10. The molecule has 9 nitrogen and oxygen atoms in total. The first kappa shape index (κ1) is 28.8. The Morgan fingerprint density at radius 1 is 1.11 bits per heavy atom. The molecule has 0 aliphatic heterocycles. The standard InChI is InChI=1S/C26H35N3O6S/c1-26(2,3)35-25(33)28-21(14-15-36-6)24(32)29(4)22(17-8-7-9-19(30)16-17)23(31)27-18-10-12-20(34-5)13-11-18/h7-13,16,21-22,30H,14-15H2,1-6H3,(H,27,31)(H,28,33). The third kappa shape index (κ3) is 8.67. The number of thioether (sulfide) groups is 1. The molecule has 3 amide bonds. The monoisotopic (exact) mass is 517 g/mol. The summed E-state index contributed by atoms with van der Waals surface area (Å²) < 4.78 is 10.5. The highest BCUT2D eigenvalue weighted by atomic mass is 32.2. The van der Waals surface area contributed by atoms with Crippen LogP contribution in [0.4, 0.5) is 10.5 Å². The molecule has 0 radical (unpaired) electrons. The van der Waals surface area contributed by atoms with Crippen LogP contribution < -0.4 is 15.4 Å². The second-order valence-corrected chi connectivity index (χ2v) is 10.1. The second-order valence-electron chi connectivity index (χ2n) is 9.14. The van der Waals surface area contributed by atoms with E-state index >= 15 is 0 Å². The molecule has 0 aromatic heterocycles. The maximum Gasteiger partial charge on any atom is 0.408 e. The Morgan fingerprint density at radius 2 is 1.78 bits per heavy atom. The number of anilines is 1. The van der Waals surface area contributed by atoms with Crippen molar-refractivity contribution >= 4 is 35.4 Å².